The molecule has 1 heteroatoms. The molecule has 1 nitrogen and oxygen atoms in total. The van der Waals surface area contributed by atoms with E-state index in [9.17, 15) is 0 Å². The molecule has 17 heavy (non-hydrogen) atoms. The molecule has 0 saturated heterocycles. The molecule has 0 heterocycles. The summed E-state index contributed by atoms with van der Waals surface area (Å²) in [6, 6.07) is 8.03. The molecule has 0 fully saturated rings. The Morgan fingerprint density at radius 1 is 1.41 bits per heavy atom. The van der Waals surface area contributed by atoms with Crippen molar-refractivity contribution in [1.29, 1.82) is 0 Å². The third-order valence-electron chi connectivity index (χ3n) is 2.76. The van der Waals surface area contributed by atoms with Gasteiger partial charge in [-0.25, -0.2) is 0 Å². The predicted molar refractivity (Wildman–Crippen MR) is 76.9 cm³/mol. The predicted octanol–water partition coefficient (Wildman–Crippen LogP) is 4.28. The molecule has 0 unspecified atom stereocenters. The van der Waals surface area contributed by atoms with E-state index in [1.807, 2.05) is 24.3 Å². The molecule has 1 aromatic carbocycles. The van der Waals surface area contributed by atoms with E-state index in [1.165, 1.54) is 11.1 Å². The summed E-state index contributed by atoms with van der Waals surface area (Å²) in [5.74, 6) is 0. The second-order valence-corrected chi connectivity index (χ2v) is 4.18. The molecule has 0 saturated carbocycles. The average Bonchev–Trinajstić information content (AvgIpc) is 2.34. The van der Waals surface area contributed by atoms with Gasteiger partial charge in [0.05, 0.1) is 0 Å². The first-order valence-corrected chi connectivity index (χ1v) is 6.01. The lowest BCUT2D eigenvalue weighted by atomic mass is 10.0. The van der Waals surface area contributed by atoms with Gasteiger partial charge in [0.2, 0.25) is 0 Å². The number of nitrogens with two attached hydrogens (primary N) is 1. The van der Waals surface area contributed by atoms with Crippen LogP contribution in [0.1, 0.15) is 25.3 Å². The molecule has 0 atom stereocenters. The Morgan fingerprint density at radius 2 is 2.18 bits per heavy atom. The summed E-state index contributed by atoms with van der Waals surface area (Å²) in [6.45, 7) is 9.94. The number of aryl methyl sites for hydroxylation is 1. The summed E-state index contributed by atoms with van der Waals surface area (Å²) < 4.78 is 0. The molecule has 0 radical (unpaired) electrons. The average molecular weight is 227 g/mol. The van der Waals surface area contributed by atoms with Crippen molar-refractivity contribution in [2.45, 2.75) is 26.2 Å². The maximum absolute atomic E-state index is 5.75. The first-order valence-electron chi connectivity index (χ1n) is 6.01. The van der Waals surface area contributed by atoms with Crippen molar-refractivity contribution >= 4 is 5.69 Å². The van der Waals surface area contributed by atoms with Crippen LogP contribution in [0.5, 0.6) is 0 Å². The second kappa shape index (κ2) is 6.74. The fourth-order valence-corrected chi connectivity index (χ4v) is 1.63. The van der Waals surface area contributed by atoms with Crippen LogP contribution in [-0.2, 0) is 6.42 Å². The summed E-state index contributed by atoms with van der Waals surface area (Å²) in [4.78, 5) is 0. The number of rotatable bonds is 6. The summed E-state index contributed by atoms with van der Waals surface area (Å²) in [7, 11) is 0. The Balaban J connectivity index is 2.62. The quantitative estimate of drug-likeness (QED) is 0.569. The van der Waals surface area contributed by atoms with E-state index < -0.39 is 0 Å². The summed E-state index contributed by atoms with van der Waals surface area (Å²) in [6.07, 6.45) is 6.98. The van der Waals surface area contributed by atoms with Crippen LogP contribution in [0.3, 0.4) is 0 Å². The Morgan fingerprint density at radius 3 is 2.76 bits per heavy atom. The van der Waals surface area contributed by atoms with Gasteiger partial charge < -0.3 is 5.73 Å². The first kappa shape index (κ1) is 13.3. The van der Waals surface area contributed by atoms with Crippen molar-refractivity contribution in [1.82, 2.24) is 0 Å². The number of nitrogen functional groups attached to an aromatic ring is 1. The van der Waals surface area contributed by atoms with Crippen LogP contribution in [0, 0.1) is 0 Å². The van der Waals surface area contributed by atoms with Gasteiger partial charge >= 0.3 is 0 Å². The minimum Gasteiger partial charge on any atom is -0.399 e. The van der Waals surface area contributed by atoms with Gasteiger partial charge in [0.1, 0.15) is 0 Å². The molecule has 0 aliphatic heterocycles. The number of benzene rings is 1. The third kappa shape index (κ3) is 4.73. The number of hydrogen-bond donors (Lipinski definition) is 1. The molecule has 0 aromatic heterocycles. The van der Waals surface area contributed by atoms with Crippen LogP contribution in [0.25, 0.3) is 0 Å². The van der Waals surface area contributed by atoms with Gasteiger partial charge in [-0.05, 0) is 42.5 Å². The first-order chi connectivity index (χ1) is 8.15. The highest BCUT2D eigenvalue weighted by Crippen LogP contribution is 2.15. The van der Waals surface area contributed by atoms with E-state index in [1.54, 1.807) is 0 Å². The fraction of sp³-hybridized carbons (Fsp3) is 0.250. The fourth-order valence-electron chi connectivity index (χ4n) is 1.63. The van der Waals surface area contributed by atoms with Gasteiger partial charge in [-0.1, -0.05) is 49.9 Å². The van der Waals surface area contributed by atoms with E-state index >= 15 is 0 Å². The van der Waals surface area contributed by atoms with E-state index in [0.29, 0.717) is 0 Å². The topological polar surface area (TPSA) is 26.0 Å². The van der Waals surface area contributed by atoms with Gasteiger partial charge in [0, 0.05) is 5.69 Å². The highest BCUT2D eigenvalue weighted by molar-refractivity contribution is 5.41. The van der Waals surface area contributed by atoms with Crippen molar-refractivity contribution < 1.29 is 0 Å². The number of anilines is 1. The highest BCUT2D eigenvalue weighted by Gasteiger charge is 1.97. The Kier molecular flexibility index (Phi) is 5.28. The monoisotopic (exact) mass is 227 g/mol. The molecule has 0 aliphatic rings. The van der Waals surface area contributed by atoms with E-state index in [-0.39, 0.29) is 0 Å². The zero-order valence-corrected chi connectivity index (χ0v) is 10.6. The van der Waals surface area contributed by atoms with Crippen LogP contribution >= 0.6 is 0 Å². The highest BCUT2D eigenvalue weighted by atomic mass is 14.5. The lowest BCUT2D eigenvalue weighted by molar-refractivity contribution is 0.961. The minimum atomic E-state index is 0.824. The molecular weight excluding hydrogens is 206 g/mol. The Bertz CT molecular complexity index is 427. The molecule has 0 amide bonds. The lowest BCUT2D eigenvalue weighted by Crippen LogP contribution is -1.91. The smallest absolute Gasteiger partial charge is 0.0316 e. The molecule has 0 aliphatic carbocycles. The molecule has 0 spiro atoms. The third-order valence-corrected chi connectivity index (χ3v) is 2.76. The van der Waals surface area contributed by atoms with E-state index in [0.717, 1.165) is 30.5 Å². The van der Waals surface area contributed by atoms with Gasteiger partial charge in [-0.2, -0.15) is 0 Å². The summed E-state index contributed by atoms with van der Waals surface area (Å²) in [5, 5.41) is 0. The zero-order valence-electron chi connectivity index (χ0n) is 10.6. The van der Waals surface area contributed by atoms with Crippen molar-refractivity contribution in [3.8, 4) is 0 Å². The van der Waals surface area contributed by atoms with Crippen LogP contribution in [0.4, 0.5) is 5.69 Å². The van der Waals surface area contributed by atoms with Crippen molar-refractivity contribution in [3.05, 3.63) is 66.3 Å². The summed E-state index contributed by atoms with van der Waals surface area (Å²) >= 11 is 0. The minimum absolute atomic E-state index is 0.824. The molecule has 1 rings (SSSR count). The molecular formula is C16H21N. The Hall–Kier alpha value is -1.76. The van der Waals surface area contributed by atoms with Gasteiger partial charge in [-0.15, -0.1) is 0 Å². The van der Waals surface area contributed by atoms with Crippen molar-refractivity contribution in [3.63, 3.8) is 0 Å². The standard InChI is InChI=1S/C16H21N/c1-4-13(3)11-14(5-2)9-10-15-7-6-8-16(17)12-15/h5-8,11-12H,2-4,9-10,17H2,1H3/b14-11+. The molecule has 2 N–H and O–H groups in total. The van der Waals surface area contributed by atoms with Crippen LogP contribution in [-0.4, -0.2) is 0 Å². The summed E-state index contributed by atoms with van der Waals surface area (Å²) in [5.41, 5.74) is 10.2. The molecule has 1 aromatic rings. The van der Waals surface area contributed by atoms with Gasteiger partial charge in [-0.3, -0.25) is 0 Å². The normalized spacial score (nSPS) is 11.2. The van der Waals surface area contributed by atoms with E-state index in [2.05, 4.69) is 32.2 Å². The van der Waals surface area contributed by atoms with Crippen molar-refractivity contribution in [2.75, 3.05) is 5.73 Å². The Labute approximate surface area is 104 Å². The van der Waals surface area contributed by atoms with Crippen molar-refractivity contribution in [2.24, 2.45) is 0 Å². The van der Waals surface area contributed by atoms with Crippen LogP contribution in [0.2, 0.25) is 0 Å². The maximum atomic E-state index is 5.75. The zero-order chi connectivity index (χ0) is 12.7. The lowest BCUT2D eigenvalue weighted by Gasteiger charge is -2.05. The maximum Gasteiger partial charge on any atom is 0.0316 e. The van der Waals surface area contributed by atoms with Crippen LogP contribution in [0.15, 0.2) is 60.7 Å². The van der Waals surface area contributed by atoms with Gasteiger partial charge in [0.25, 0.3) is 0 Å². The molecule has 90 valence electrons. The van der Waals surface area contributed by atoms with Crippen LogP contribution < -0.4 is 5.73 Å². The number of hydrogen-bond acceptors (Lipinski definition) is 1. The second-order valence-electron chi connectivity index (χ2n) is 4.18. The van der Waals surface area contributed by atoms with E-state index in [4.69, 9.17) is 5.73 Å². The molecule has 0 bridgehead atoms. The number of allylic oxidation sites excluding steroid dienone is 4. The SMILES string of the molecule is C=C/C(=C\C(=C)CC)CCc1cccc(N)c1. The largest absolute Gasteiger partial charge is 0.399 e. The van der Waals surface area contributed by atoms with Gasteiger partial charge in [0.15, 0.2) is 0 Å².